The molecule has 7 heteroatoms. The van der Waals surface area contributed by atoms with Crippen LogP contribution in [0.4, 0.5) is 0 Å². The molecular formula is C20H15BrN2O3S. The monoisotopic (exact) mass is 442 g/mol. The quantitative estimate of drug-likeness (QED) is 0.595. The van der Waals surface area contributed by atoms with Gasteiger partial charge in [-0.05, 0) is 51.1 Å². The van der Waals surface area contributed by atoms with Gasteiger partial charge in [0, 0.05) is 21.6 Å². The van der Waals surface area contributed by atoms with Crippen molar-refractivity contribution in [2.45, 2.75) is 5.92 Å². The number of nitrogens with one attached hydrogen (secondary N) is 1. The summed E-state index contributed by atoms with van der Waals surface area (Å²) in [7, 11) is 3.15. The highest BCUT2D eigenvalue weighted by Crippen LogP contribution is 2.48. The third-order valence-electron chi connectivity index (χ3n) is 4.73. The van der Waals surface area contributed by atoms with Crippen LogP contribution in [0.3, 0.4) is 0 Å². The number of nitrogens with zero attached hydrogens (tertiary/aromatic N) is 1. The molecule has 2 aromatic carbocycles. The summed E-state index contributed by atoms with van der Waals surface area (Å²) < 4.78 is 18.5. The first-order chi connectivity index (χ1) is 13.1. The van der Waals surface area contributed by atoms with Gasteiger partial charge < -0.3 is 14.2 Å². The molecule has 1 aliphatic rings. The number of thiophene rings is 1. The molecule has 3 aromatic rings. The van der Waals surface area contributed by atoms with E-state index in [1.807, 2.05) is 35.7 Å². The number of ether oxygens (including phenoxy) is 3. The Morgan fingerprint density at radius 2 is 2.04 bits per heavy atom. The van der Waals surface area contributed by atoms with E-state index >= 15 is 0 Å². The molecule has 0 saturated heterocycles. The topological polar surface area (TPSA) is 75.3 Å². The number of rotatable bonds is 3. The van der Waals surface area contributed by atoms with E-state index in [4.69, 9.17) is 19.6 Å². The largest absolute Gasteiger partial charge is 0.493 e. The molecule has 0 bridgehead atoms. The average molecular weight is 443 g/mol. The molecule has 136 valence electrons. The lowest BCUT2D eigenvalue weighted by molar-refractivity contribution is 0.352. The highest BCUT2D eigenvalue weighted by molar-refractivity contribution is 9.10. The number of nitriles is 1. The smallest absolute Gasteiger partial charge is 0.205 e. The van der Waals surface area contributed by atoms with Gasteiger partial charge in [-0.3, -0.25) is 5.41 Å². The van der Waals surface area contributed by atoms with Crippen LogP contribution >= 0.6 is 27.3 Å². The highest BCUT2D eigenvalue weighted by atomic mass is 79.9. The number of fused-ring (bicyclic) bond motifs is 3. The van der Waals surface area contributed by atoms with Crippen molar-refractivity contribution < 1.29 is 14.2 Å². The molecule has 2 atom stereocenters. The number of halogens is 1. The minimum atomic E-state index is -0.724. The average Bonchev–Trinajstić information content (AvgIpc) is 3.15. The lowest BCUT2D eigenvalue weighted by Gasteiger charge is -2.31. The Labute approximate surface area is 168 Å². The van der Waals surface area contributed by atoms with E-state index in [0.717, 1.165) is 25.7 Å². The predicted octanol–water partition coefficient (Wildman–Crippen LogP) is 5.32. The molecule has 5 nitrogen and oxygen atoms in total. The van der Waals surface area contributed by atoms with Crippen molar-refractivity contribution in [3.63, 3.8) is 0 Å². The van der Waals surface area contributed by atoms with Crippen LogP contribution in [0, 0.1) is 22.7 Å². The molecular weight excluding hydrogens is 428 g/mol. The summed E-state index contributed by atoms with van der Waals surface area (Å²) in [6.07, 6.45) is 0. The number of hydrogen-bond donors (Lipinski definition) is 1. The van der Waals surface area contributed by atoms with Crippen LogP contribution < -0.4 is 14.2 Å². The molecule has 0 aliphatic carbocycles. The summed E-state index contributed by atoms with van der Waals surface area (Å²) in [5, 5.41) is 21.0. The van der Waals surface area contributed by atoms with Crippen molar-refractivity contribution in [1.82, 2.24) is 0 Å². The summed E-state index contributed by atoms with van der Waals surface area (Å²) >= 11 is 5.14. The van der Waals surface area contributed by atoms with E-state index in [1.54, 1.807) is 25.6 Å². The fraction of sp³-hybridized carbons (Fsp3) is 0.200. The number of methoxy groups -OCH3 is 2. The van der Waals surface area contributed by atoms with Gasteiger partial charge in [-0.15, -0.1) is 11.3 Å². The number of benzene rings is 2. The zero-order chi connectivity index (χ0) is 19.1. The maximum absolute atomic E-state index is 9.75. The molecule has 0 spiro atoms. The van der Waals surface area contributed by atoms with E-state index in [1.165, 1.54) is 0 Å². The van der Waals surface area contributed by atoms with Crippen molar-refractivity contribution in [2.75, 3.05) is 14.2 Å². The van der Waals surface area contributed by atoms with Crippen molar-refractivity contribution in [2.24, 2.45) is 5.92 Å². The molecule has 1 aromatic heterocycles. The Balaban J connectivity index is 1.97. The van der Waals surface area contributed by atoms with E-state index in [2.05, 4.69) is 22.0 Å². The van der Waals surface area contributed by atoms with Crippen LogP contribution in [0.1, 0.15) is 17.0 Å². The molecule has 0 saturated carbocycles. The molecule has 2 unspecified atom stereocenters. The number of hydrogen-bond acceptors (Lipinski definition) is 6. The zero-order valence-corrected chi connectivity index (χ0v) is 17.0. The summed E-state index contributed by atoms with van der Waals surface area (Å²) in [5.41, 5.74) is 1.75. The second-order valence-electron chi connectivity index (χ2n) is 6.11. The van der Waals surface area contributed by atoms with Crippen LogP contribution in [-0.4, -0.2) is 20.1 Å². The predicted molar refractivity (Wildman–Crippen MR) is 108 cm³/mol. The van der Waals surface area contributed by atoms with Gasteiger partial charge in [0.15, 0.2) is 11.5 Å². The van der Waals surface area contributed by atoms with Crippen molar-refractivity contribution in [1.29, 1.82) is 10.7 Å². The van der Waals surface area contributed by atoms with Gasteiger partial charge in [0.05, 0.1) is 24.8 Å². The first kappa shape index (κ1) is 17.8. The summed E-state index contributed by atoms with van der Waals surface area (Å²) in [4.78, 5) is 0. The summed E-state index contributed by atoms with van der Waals surface area (Å²) in [6, 6.07) is 12.0. The van der Waals surface area contributed by atoms with Gasteiger partial charge in [-0.1, -0.05) is 6.07 Å². The van der Waals surface area contributed by atoms with Gasteiger partial charge in [0.25, 0.3) is 0 Å². The first-order valence-corrected chi connectivity index (χ1v) is 9.83. The Morgan fingerprint density at radius 1 is 1.22 bits per heavy atom. The van der Waals surface area contributed by atoms with Crippen molar-refractivity contribution in [3.8, 4) is 23.3 Å². The Kier molecular flexibility index (Phi) is 4.54. The van der Waals surface area contributed by atoms with Gasteiger partial charge in [-0.25, -0.2) is 0 Å². The summed E-state index contributed by atoms with van der Waals surface area (Å²) in [5.74, 6) is 0.700. The SMILES string of the molecule is COc1cc(C2c3ccc4sccc4c3OC(=N)C2C#N)cc(Br)c1OC. The molecule has 2 heterocycles. The van der Waals surface area contributed by atoms with Gasteiger partial charge in [0.1, 0.15) is 11.7 Å². The Bertz CT molecular complexity index is 1100. The van der Waals surface area contributed by atoms with E-state index in [0.29, 0.717) is 17.2 Å². The molecule has 4 rings (SSSR count). The maximum atomic E-state index is 9.75. The lowest BCUT2D eigenvalue weighted by Crippen LogP contribution is -2.31. The van der Waals surface area contributed by atoms with Crippen LogP contribution in [0.15, 0.2) is 40.2 Å². The van der Waals surface area contributed by atoms with E-state index in [9.17, 15) is 5.26 Å². The zero-order valence-electron chi connectivity index (χ0n) is 14.6. The second kappa shape index (κ2) is 6.87. The Hall–Kier alpha value is -2.56. The third-order valence-corrected chi connectivity index (χ3v) is 6.20. The van der Waals surface area contributed by atoms with Gasteiger partial charge in [-0.2, -0.15) is 5.26 Å². The molecule has 1 aliphatic heterocycles. The molecule has 0 fully saturated rings. The van der Waals surface area contributed by atoms with Crippen molar-refractivity contribution in [3.05, 3.63) is 51.3 Å². The molecule has 1 N–H and O–H groups in total. The fourth-order valence-corrected chi connectivity index (χ4v) is 4.93. The molecule has 0 radical (unpaired) electrons. The molecule has 0 amide bonds. The second-order valence-corrected chi connectivity index (χ2v) is 7.91. The third kappa shape index (κ3) is 2.76. The van der Waals surface area contributed by atoms with Crippen LogP contribution in [0.5, 0.6) is 17.2 Å². The van der Waals surface area contributed by atoms with E-state index < -0.39 is 5.92 Å². The fourth-order valence-electron chi connectivity index (χ4n) is 3.52. The minimum absolute atomic E-state index is 0.0420. The van der Waals surface area contributed by atoms with Crippen LogP contribution in [0.2, 0.25) is 0 Å². The minimum Gasteiger partial charge on any atom is -0.493 e. The van der Waals surface area contributed by atoms with E-state index in [-0.39, 0.29) is 11.8 Å². The maximum Gasteiger partial charge on any atom is 0.205 e. The highest BCUT2D eigenvalue weighted by Gasteiger charge is 2.38. The van der Waals surface area contributed by atoms with Crippen LogP contribution in [-0.2, 0) is 0 Å². The lowest BCUT2D eigenvalue weighted by atomic mass is 9.78. The first-order valence-electron chi connectivity index (χ1n) is 8.16. The van der Waals surface area contributed by atoms with Gasteiger partial charge in [0.2, 0.25) is 5.90 Å². The molecule has 27 heavy (non-hydrogen) atoms. The van der Waals surface area contributed by atoms with Gasteiger partial charge >= 0.3 is 0 Å². The van der Waals surface area contributed by atoms with Crippen molar-refractivity contribution >= 4 is 43.3 Å². The van der Waals surface area contributed by atoms with Crippen LogP contribution in [0.25, 0.3) is 10.1 Å². The normalized spacial score (nSPS) is 18.5. The standard InChI is InChI=1S/C20H15BrN2O3S/c1-24-15-8-10(7-14(21)19(15)25-2)17-12-3-4-16-11(5-6-27-16)18(12)26-20(23)13(17)9-22/h3-8,13,17,23H,1-2H3. The summed E-state index contributed by atoms with van der Waals surface area (Å²) in [6.45, 7) is 0. The Morgan fingerprint density at radius 3 is 2.74 bits per heavy atom.